The normalized spacial score (nSPS) is 10.2. The van der Waals surface area contributed by atoms with Crippen LogP contribution in [0, 0.1) is 66.1 Å². The number of hydrogen-bond acceptors (Lipinski definition) is 14. The van der Waals surface area contributed by atoms with E-state index in [9.17, 15) is 70.1 Å². The van der Waals surface area contributed by atoms with Crippen LogP contribution in [0.25, 0.3) is 56.5 Å². The number of benzene rings is 12. The van der Waals surface area contributed by atoms with Crippen LogP contribution in [0.2, 0.25) is 0 Å². The number of aliphatic hydroxyl groups excluding tert-OH is 2. The van der Waals surface area contributed by atoms with Gasteiger partial charge in [0.15, 0.2) is 58.0 Å². The first kappa shape index (κ1) is 106. The summed E-state index contributed by atoms with van der Waals surface area (Å²) in [6, 6.07) is 117. The SMILES string of the molecule is Cc1ccc(C(=O)c2cc(-c3ccccn3)[c-]cc2F)cc1.O=C(C=C(O)c1ccccc1)c1ccccc1.O=C(C=C(O)c1ccccc1)c1ccccc1.O=C(O)c1ccccn1.O=C(c1cc[c-]c(-c2ccccn2)c1)c1c(F)c(F)c(F)c(F)c1F.O=C(c1ccccc1)c1cc[c-]c(-c2ccccn2)c1.O=C(c1ccccc1)c1cc[c-]c(-c2ccccn2)c1.[Ir].[Ir].[Ir].[Ir]. The number of aromatic carboxylic acids is 1. The standard InChI is InChI=1S/C19H13FNO.C18H7F5NO.2C18H12NO.2C15H12O2.C6H5NO2.4Ir/c1-13-5-7-14(8-6-13)19(22)16-12-15(9-10-17(16)20)18-4-2-3-11-21-18;19-13-12(14(20)16(22)17(23)15(13)21)18(25)10-5-3-4-9(8-10)11-6-1-2-7-24-11;2*20-18(14-7-2-1-3-8-14)16-10-6-9-15(13-16)17-11-4-5-12-19-17;2*16-14(12-7-3-1-4-8-12)11-15(17)13-9-5-2-6-10-13;8-6(9)5-3-1-2-4-7-5;;;;/h2-8,10-12H,1H3;1-3,5-8H;2*1-8,10-13H;2*1-11,16H;1-4H,(H,8,9);;;;/q4*-1;;;;;;;. The van der Waals surface area contributed by atoms with Gasteiger partial charge in [-0.25, -0.2) is 31.7 Å². The van der Waals surface area contributed by atoms with Gasteiger partial charge < -0.3 is 35.3 Å². The summed E-state index contributed by atoms with van der Waals surface area (Å²) in [7, 11) is 0. The average molecular weight is 2500 g/mol. The molecular weight excluding hydrogens is 2420 g/mol. The maximum Gasteiger partial charge on any atom is 0.354 e. The Balaban J connectivity index is 0.000000215. The molecule has 17 aromatic rings. The predicted molar refractivity (Wildman–Crippen MR) is 485 cm³/mol. The number of carboxylic acid groups (broad SMARTS) is 1. The molecule has 3 N–H and O–H groups in total. The van der Waals surface area contributed by atoms with Crippen molar-refractivity contribution in [3.8, 4) is 45.0 Å². The number of ketones is 6. The molecule has 0 atom stereocenters. The molecular formula is C109H73F6Ir4N5O10-4. The maximum atomic E-state index is 14.0. The van der Waals surface area contributed by atoms with Crippen molar-refractivity contribution in [2.24, 2.45) is 0 Å². The second kappa shape index (κ2) is 54.7. The van der Waals surface area contributed by atoms with E-state index in [-0.39, 0.29) is 138 Å². The summed E-state index contributed by atoms with van der Waals surface area (Å²) in [5.41, 5.74) is 10.2. The Kier molecular flexibility index (Phi) is 43.3. The molecule has 0 aliphatic carbocycles. The fourth-order valence-corrected chi connectivity index (χ4v) is 12.0. The van der Waals surface area contributed by atoms with Crippen LogP contribution in [-0.2, 0) is 80.4 Å². The first-order chi connectivity index (χ1) is 63.1. The van der Waals surface area contributed by atoms with Crippen molar-refractivity contribution in [2.75, 3.05) is 0 Å². The van der Waals surface area contributed by atoms with E-state index in [2.05, 4.69) is 49.2 Å². The van der Waals surface area contributed by atoms with Crippen molar-refractivity contribution in [1.82, 2.24) is 24.9 Å². The number of carbonyl (C=O) groups excluding carboxylic acids is 6. The Hall–Kier alpha value is -14.9. The summed E-state index contributed by atoms with van der Waals surface area (Å²) in [4.78, 5) is 104. The number of aliphatic hydroxyl groups is 2. The molecule has 12 aromatic carbocycles. The third-order valence-electron chi connectivity index (χ3n) is 18.6. The molecule has 0 spiro atoms. The summed E-state index contributed by atoms with van der Waals surface area (Å²) in [6.07, 6.45) is 10.5. The van der Waals surface area contributed by atoms with Crippen molar-refractivity contribution in [3.05, 3.63) is 544 Å². The van der Waals surface area contributed by atoms with Gasteiger partial charge in [0.1, 0.15) is 17.2 Å². The van der Waals surface area contributed by atoms with Crippen LogP contribution in [0.3, 0.4) is 0 Å². The van der Waals surface area contributed by atoms with Gasteiger partial charge >= 0.3 is 5.97 Å². The van der Waals surface area contributed by atoms with Gasteiger partial charge in [-0.2, -0.15) is 0 Å². The number of hydrogen-bond donors (Lipinski definition) is 3. The minimum absolute atomic E-state index is 0. The third kappa shape index (κ3) is 30.9. The Morgan fingerprint density at radius 2 is 0.560 bits per heavy atom. The van der Waals surface area contributed by atoms with Crippen molar-refractivity contribution in [1.29, 1.82) is 0 Å². The summed E-state index contributed by atoms with van der Waals surface area (Å²) >= 11 is 0. The zero-order valence-electron chi connectivity index (χ0n) is 70.2. The largest absolute Gasteiger partial charge is 0.507 e. The van der Waals surface area contributed by atoms with E-state index in [0.717, 1.165) is 34.1 Å². The van der Waals surface area contributed by atoms with Gasteiger partial charge in [0, 0.05) is 168 Å². The summed E-state index contributed by atoms with van der Waals surface area (Å²) in [5.74, 6) is -14.7. The molecule has 676 valence electrons. The topological polar surface area (TPSA) is 245 Å². The Labute approximate surface area is 822 Å². The summed E-state index contributed by atoms with van der Waals surface area (Å²) in [5, 5.41) is 27.9. The Morgan fingerprint density at radius 3 is 0.866 bits per heavy atom. The minimum Gasteiger partial charge on any atom is -0.507 e. The zero-order valence-corrected chi connectivity index (χ0v) is 79.8. The van der Waals surface area contributed by atoms with Crippen molar-refractivity contribution in [2.45, 2.75) is 6.92 Å². The summed E-state index contributed by atoms with van der Waals surface area (Å²) < 4.78 is 81.3. The van der Waals surface area contributed by atoms with Gasteiger partial charge in [-0.05, 0) is 71.7 Å². The molecule has 25 heteroatoms. The first-order valence-corrected chi connectivity index (χ1v) is 39.6. The van der Waals surface area contributed by atoms with Gasteiger partial charge in [-0.1, -0.05) is 283 Å². The number of aryl methyl sites for hydroxylation is 1. The van der Waals surface area contributed by atoms with Crippen LogP contribution in [-0.4, -0.2) is 80.9 Å². The van der Waals surface area contributed by atoms with E-state index in [1.54, 1.807) is 170 Å². The number of allylic oxidation sites excluding steroid dienone is 2. The van der Waals surface area contributed by atoms with E-state index in [4.69, 9.17) is 5.11 Å². The smallest absolute Gasteiger partial charge is 0.354 e. The monoisotopic (exact) mass is 2500 g/mol. The van der Waals surface area contributed by atoms with Gasteiger partial charge in [0.05, 0.1) is 5.56 Å². The van der Waals surface area contributed by atoms with Crippen LogP contribution < -0.4 is 0 Å². The van der Waals surface area contributed by atoms with Crippen molar-refractivity contribution >= 4 is 52.2 Å². The van der Waals surface area contributed by atoms with E-state index < -0.39 is 52.2 Å². The average Bonchev–Trinajstić information content (AvgIpc) is 0.770. The molecule has 4 radical (unpaired) electrons. The Bertz CT molecular complexity index is 6510. The fraction of sp³-hybridized carbons (Fsp3) is 0.00917. The van der Waals surface area contributed by atoms with Crippen LogP contribution in [0.5, 0.6) is 0 Å². The molecule has 0 saturated carbocycles. The molecule has 0 aliphatic heterocycles. The molecule has 0 saturated heterocycles. The van der Waals surface area contributed by atoms with Crippen LogP contribution >= 0.6 is 0 Å². The third-order valence-corrected chi connectivity index (χ3v) is 18.6. The molecule has 0 bridgehead atoms. The van der Waals surface area contributed by atoms with Crippen LogP contribution in [0.1, 0.15) is 112 Å². The van der Waals surface area contributed by atoms with Gasteiger partial charge in [-0.3, -0.25) is 33.2 Å². The maximum absolute atomic E-state index is 14.0. The van der Waals surface area contributed by atoms with Gasteiger partial charge in [-0.15, -0.1) is 113 Å². The molecule has 0 amide bonds. The number of halogens is 6. The van der Waals surface area contributed by atoms with E-state index in [1.165, 1.54) is 54.9 Å². The summed E-state index contributed by atoms with van der Waals surface area (Å²) in [6.45, 7) is 1.94. The molecule has 17 rings (SSSR count). The molecule has 0 unspecified atom stereocenters. The van der Waals surface area contributed by atoms with Gasteiger partial charge in [0.25, 0.3) is 0 Å². The van der Waals surface area contributed by atoms with E-state index >= 15 is 0 Å². The number of carbonyl (C=O) groups is 7. The predicted octanol–water partition coefficient (Wildman–Crippen LogP) is 24.0. The Morgan fingerprint density at radius 1 is 0.276 bits per heavy atom. The number of pyridine rings is 5. The molecule has 0 fully saturated rings. The molecule has 134 heavy (non-hydrogen) atoms. The number of carboxylic acids is 1. The number of aromatic nitrogens is 5. The number of rotatable bonds is 19. The van der Waals surface area contributed by atoms with Crippen molar-refractivity contribution in [3.63, 3.8) is 0 Å². The molecule has 0 aliphatic rings. The zero-order chi connectivity index (χ0) is 92.1. The molecule has 5 heterocycles. The van der Waals surface area contributed by atoms with Crippen molar-refractivity contribution < 1.29 is 156 Å². The minimum atomic E-state index is -2.32. The van der Waals surface area contributed by atoms with Crippen LogP contribution in [0.4, 0.5) is 26.3 Å². The quantitative estimate of drug-likeness (QED) is 0.0130. The van der Waals surface area contributed by atoms with E-state index in [0.29, 0.717) is 72.6 Å². The van der Waals surface area contributed by atoms with Crippen LogP contribution in [0.15, 0.2) is 407 Å². The second-order valence-corrected chi connectivity index (χ2v) is 27.6. The molecule has 15 nitrogen and oxygen atoms in total. The first-order valence-electron chi connectivity index (χ1n) is 39.6. The number of nitrogens with zero attached hydrogens (tertiary/aromatic N) is 5. The van der Waals surface area contributed by atoms with E-state index in [1.807, 2.05) is 183 Å². The molecule has 5 aromatic heterocycles. The second-order valence-electron chi connectivity index (χ2n) is 27.6. The fourth-order valence-electron chi connectivity index (χ4n) is 12.0. The van der Waals surface area contributed by atoms with Gasteiger partial charge in [0.2, 0.25) is 5.82 Å².